The molecule has 2 rings (SSSR count). The van der Waals surface area contributed by atoms with E-state index in [-0.39, 0.29) is 12.4 Å². The van der Waals surface area contributed by atoms with E-state index in [1.54, 1.807) is 30.3 Å². The van der Waals surface area contributed by atoms with Gasteiger partial charge in [0.25, 0.3) is 0 Å². The first kappa shape index (κ1) is 13.8. The largest absolute Gasteiger partial charge is 0.489 e. The van der Waals surface area contributed by atoms with Crippen LogP contribution in [0.2, 0.25) is 5.02 Å². The average molecular weight is 280 g/mol. The molecule has 0 aliphatic rings. The molecule has 0 aliphatic carbocycles. The Balaban J connectivity index is 2.13. The van der Waals surface area contributed by atoms with E-state index in [1.165, 1.54) is 6.07 Å². The third-order valence-electron chi connectivity index (χ3n) is 2.78. The van der Waals surface area contributed by atoms with Crippen molar-refractivity contribution in [3.05, 3.63) is 64.4 Å². The van der Waals surface area contributed by atoms with Crippen molar-refractivity contribution in [1.82, 2.24) is 0 Å². The summed E-state index contributed by atoms with van der Waals surface area (Å²) in [7, 11) is 0. The van der Waals surface area contributed by atoms with E-state index in [0.29, 0.717) is 29.3 Å². The first-order chi connectivity index (χ1) is 9.20. The predicted octanol–water partition coefficient (Wildman–Crippen LogP) is 3.56. The molecule has 0 spiro atoms. The van der Waals surface area contributed by atoms with Crippen LogP contribution in [-0.2, 0) is 13.0 Å². The zero-order valence-corrected chi connectivity index (χ0v) is 11.2. The van der Waals surface area contributed by atoms with Gasteiger partial charge in [-0.2, -0.15) is 0 Å². The molecule has 19 heavy (non-hydrogen) atoms. The van der Waals surface area contributed by atoms with Gasteiger partial charge in [0.1, 0.15) is 18.2 Å². The summed E-state index contributed by atoms with van der Waals surface area (Å²) in [5.41, 5.74) is 7.01. The smallest absolute Gasteiger partial charge is 0.129 e. The summed E-state index contributed by atoms with van der Waals surface area (Å²) in [6, 6.07) is 11.9. The Kier molecular flexibility index (Phi) is 4.77. The van der Waals surface area contributed by atoms with Crippen molar-refractivity contribution in [2.75, 3.05) is 6.54 Å². The van der Waals surface area contributed by atoms with Crippen LogP contribution >= 0.6 is 11.6 Å². The molecule has 0 radical (unpaired) electrons. The number of hydrogen-bond donors (Lipinski definition) is 1. The third kappa shape index (κ3) is 3.69. The maximum Gasteiger partial charge on any atom is 0.129 e. The van der Waals surface area contributed by atoms with Gasteiger partial charge in [0.2, 0.25) is 0 Å². The molecule has 2 aromatic rings. The SMILES string of the molecule is NCCc1cc(Cl)ccc1OCc1ccccc1F. The first-order valence-corrected chi connectivity index (χ1v) is 6.43. The summed E-state index contributed by atoms with van der Waals surface area (Å²) in [4.78, 5) is 0. The lowest BCUT2D eigenvalue weighted by molar-refractivity contribution is 0.297. The molecular formula is C15H15ClFNO. The predicted molar refractivity (Wildman–Crippen MR) is 74.9 cm³/mol. The second kappa shape index (κ2) is 6.55. The van der Waals surface area contributed by atoms with Crippen molar-refractivity contribution in [3.63, 3.8) is 0 Å². The van der Waals surface area contributed by atoms with Gasteiger partial charge < -0.3 is 10.5 Å². The Morgan fingerprint density at radius 1 is 1.11 bits per heavy atom. The molecule has 2 aromatic carbocycles. The van der Waals surface area contributed by atoms with Gasteiger partial charge in [0.15, 0.2) is 0 Å². The lowest BCUT2D eigenvalue weighted by Crippen LogP contribution is -2.06. The van der Waals surface area contributed by atoms with Crippen LogP contribution in [-0.4, -0.2) is 6.54 Å². The van der Waals surface area contributed by atoms with E-state index in [1.807, 2.05) is 6.07 Å². The molecule has 2 nitrogen and oxygen atoms in total. The second-order valence-electron chi connectivity index (χ2n) is 4.17. The number of hydrogen-bond acceptors (Lipinski definition) is 2. The van der Waals surface area contributed by atoms with Gasteiger partial charge in [0.05, 0.1) is 0 Å². The van der Waals surface area contributed by atoms with E-state index in [0.717, 1.165) is 5.56 Å². The van der Waals surface area contributed by atoms with Crippen molar-refractivity contribution >= 4 is 11.6 Å². The van der Waals surface area contributed by atoms with Crippen LogP contribution in [0.25, 0.3) is 0 Å². The van der Waals surface area contributed by atoms with Crippen LogP contribution in [0.15, 0.2) is 42.5 Å². The van der Waals surface area contributed by atoms with E-state index >= 15 is 0 Å². The molecule has 0 aliphatic heterocycles. The average Bonchev–Trinajstić information content (AvgIpc) is 2.40. The van der Waals surface area contributed by atoms with Gasteiger partial charge in [-0.1, -0.05) is 29.8 Å². The highest BCUT2D eigenvalue weighted by Crippen LogP contribution is 2.24. The number of ether oxygens (including phenoxy) is 1. The third-order valence-corrected chi connectivity index (χ3v) is 3.01. The maximum absolute atomic E-state index is 13.5. The molecule has 100 valence electrons. The molecule has 0 bridgehead atoms. The van der Waals surface area contributed by atoms with E-state index < -0.39 is 0 Å². The molecule has 0 fully saturated rings. The van der Waals surface area contributed by atoms with Crippen molar-refractivity contribution in [3.8, 4) is 5.75 Å². The number of nitrogens with two attached hydrogens (primary N) is 1. The van der Waals surface area contributed by atoms with Gasteiger partial charge in [-0.05, 0) is 42.8 Å². The molecule has 4 heteroatoms. The van der Waals surface area contributed by atoms with Gasteiger partial charge in [0, 0.05) is 10.6 Å². The minimum Gasteiger partial charge on any atom is -0.489 e. The highest BCUT2D eigenvalue weighted by atomic mass is 35.5. The molecule has 2 N–H and O–H groups in total. The van der Waals surface area contributed by atoms with Crippen molar-refractivity contribution in [1.29, 1.82) is 0 Å². The van der Waals surface area contributed by atoms with E-state index in [4.69, 9.17) is 22.1 Å². The Bertz CT molecular complexity index is 560. The summed E-state index contributed by atoms with van der Waals surface area (Å²) < 4.78 is 19.1. The number of benzene rings is 2. The minimum atomic E-state index is -0.267. The fourth-order valence-corrected chi connectivity index (χ4v) is 2.01. The number of halogens is 2. The summed E-state index contributed by atoms with van der Waals surface area (Å²) in [5.74, 6) is 0.426. The molecule has 0 saturated carbocycles. The van der Waals surface area contributed by atoms with Crippen LogP contribution < -0.4 is 10.5 Å². The van der Waals surface area contributed by atoms with Gasteiger partial charge in [-0.25, -0.2) is 4.39 Å². The highest BCUT2D eigenvalue weighted by Gasteiger charge is 2.06. The maximum atomic E-state index is 13.5. The molecular weight excluding hydrogens is 265 g/mol. The Labute approximate surface area is 117 Å². The van der Waals surface area contributed by atoms with Crippen LogP contribution in [0.5, 0.6) is 5.75 Å². The minimum absolute atomic E-state index is 0.186. The van der Waals surface area contributed by atoms with Gasteiger partial charge >= 0.3 is 0 Å². The molecule has 0 saturated heterocycles. The summed E-state index contributed by atoms with van der Waals surface area (Å²) in [6.07, 6.45) is 0.674. The van der Waals surface area contributed by atoms with Gasteiger partial charge in [-0.15, -0.1) is 0 Å². The fourth-order valence-electron chi connectivity index (χ4n) is 1.81. The van der Waals surface area contributed by atoms with Crippen molar-refractivity contribution in [2.24, 2.45) is 5.73 Å². The molecule has 0 amide bonds. The van der Waals surface area contributed by atoms with Crippen LogP contribution in [0.4, 0.5) is 4.39 Å². The van der Waals surface area contributed by atoms with E-state index in [2.05, 4.69) is 0 Å². The van der Waals surface area contributed by atoms with Crippen LogP contribution in [0, 0.1) is 5.82 Å². The van der Waals surface area contributed by atoms with Crippen molar-refractivity contribution < 1.29 is 9.13 Å². The monoisotopic (exact) mass is 279 g/mol. The fraction of sp³-hybridized carbons (Fsp3) is 0.200. The highest BCUT2D eigenvalue weighted by molar-refractivity contribution is 6.30. The molecule has 0 heterocycles. The quantitative estimate of drug-likeness (QED) is 0.908. The standard InChI is InChI=1S/C15H15ClFNO/c16-13-5-6-15(11(9-13)7-8-18)19-10-12-3-1-2-4-14(12)17/h1-6,9H,7-8,10,18H2. The lowest BCUT2D eigenvalue weighted by atomic mass is 10.1. The van der Waals surface area contributed by atoms with Crippen molar-refractivity contribution in [2.45, 2.75) is 13.0 Å². The van der Waals surface area contributed by atoms with E-state index in [9.17, 15) is 4.39 Å². The summed E-state index contributed by atoms with van der Waals surface area (Å²) >= 11 is 5.94. The molecule has 0 unspecified atom stereocenters. The van der Waals surface area contributed by atoms with Crippen LogP contribution in [0.3, 0.4) is 0 Å². The summed E-state index contributed by atoms with van der Waals surface area (Å²) in [5, 5.41) is 0.640. The lowest BCUT2D eigenvalue weighted by Gasteiger charge is -2.12. The second-order valence-corrected chi connectivity index (χ2v) is 4.61. The Morgan fingerprint density at radius 2 is 1.89 bits per heavy atom. The normalized spacial score (nSPS) is 10.5. The Hall–Kier alpha value is -1.58. The molecule has 0 atom stereocenters. The van der Waals surface area contributed by atoms with Gasteiger partial charge in [-0.3, -0.25) is 0 Å². The molecule has 0 aromatic heterocycles. The topological polar surface area (TPSA) is 35.2 Å². The summed E-state index contributed by atoms with van der Waals surface area (Å²) in [6.45, 7) is 0.697. The van der Waals surface area contributed by atoms with Crippen LogP contribution in [0.1, 0.15) is 11.1 Å². The Morgan fingerprint density at radius 3 is 2.63 bits per heavy atom. The first-order valence-electron chi connectivity index (χ1n) is 6.05. The zero-order valence-electron chi connectivity index (χ0n) is 10.4. The number of rotatable bonds is 5. The zero-order chi connectivity index (χ0) is 13.7.